The zero-order valence-electron chi connectivity index (χ0n) is 14.9. The highest BCUT2D eigenvalue weighted by atomic mass is 16.5. The van der Waals surface area contributed by atoms with Gasteiger partial charge in [-0.05, 0) is 30.3 Å². The van der Waals surface area contributed by atoms with E-state index in [0.717, 1.165) is 6.08 Å². The molecule has 1 aromatic heterocycles. The van der Waals surface area contributed by atoms with Gasteiger partial charge in [-0.1, -0.05) is 0 Å². The number of rotatable bonds is 7. The van der Waals surface area contributed by atoms with Crippen molar-refractivity contribution < 1.29 is 33.0 Å². The SMILES string of the molecule is COC(=O)/C=C(/Nc1ccc(OC)c(NC(=O)c2ccco2)c1)C(=O)OC. The Labute approximate surface area is 154 Å². The first-order valence-electron chi connectivity index (χ1n) is 7.66. The summed E-state index contributed by atoms with van der Waals surface area (Å²) >= 11 is 0. The van der Waals surface area contributed by atoms with Crippen molar-refractivity contribution in [1.29, 1.82) is 0 Å². The number of hydrogen-bond donors (Lipinski definition) is 2. The predicted octanol–water partition coefficient (Wildman–Crippen LogP) is 2.18. The van der Waals surface area contributed by atoms with Gasteiger partial charge in [0.2, 0.25) is 0 Å². The molecule has 0 unspecified atom stereocenters. The van der Waals surface area contributed by atoms with Gasteiger partial charge in [-0.25, -0.2) is 9.59 Å². The molecule has 1 heterocycles. The van der Waals surface area contributed by atoms with E-state index in [0.29, 0.717) is 17.1 Å². The summed E-state index contributed by atoms with van der Waals surface area (Å²) in [4.78, 5) is 35.5. The van der Waals surface area contributed by atoms with Gasteiger partial charge in [0.05, 0.1) is 39.4 Å². The van der Waals surface area contributed by atoms with Gasteiger partial charge in [-0.3, -0.25) is 4.79 Å². The van der Waals surface area contributed by atoms with Crippen LogP contribution in [0.5, 0.6) is 5.75 Å². The highest BCUT2D eigenvalue weighted by Crippen LogP contribution is 2.29. The van der Waals surface area contributed by atoms with Gasteiger partial charge in [-0.15, -0.1) is 0 Å². The van der Waals surface area contributed by atoms with E-state index in [-0.39, 0.29) is 11.5 Å². The summed E-state index contributed by atoms with van der Waals surface area (Å²) in [5.41, 5.74) is 0.579. The number of anilines is 2. The minimum absolute atomic E-state index is 0.122. The molecular weight excluding hydrogens is 356 g/mol. The lowest BCUT2D eigenvalue weighted by Gasteiger charge is -2.13. The first kappa shape index (κ1) is 19.6. The Bertz CT molecular complexity index is 857. The maximum atomic E-state index is 12.2. The van der Waals surface area contributed by atoms with Crippen molar-refractivity contribution in [3.63, 3.8) is 0 Å². The molecule has 0 atom stereocenters. The van der Waals surface area contributed by atoms with E-state index in [9.17, 15) is 14.4 Å². The molecule has 142 valence electrons. The second-order valence-electron chi connectivity index (χ2n) is 5.04. The number of furan rings is 1. The van der Waals surface area contributed by atoms with Crippen LogP contribution in [0.4, 0.5) is 11.4 Å². The van der Waals surface area contributed by atoms with Crippen molar-refractivity contribution >= 4 is 29.2 Å². The third-order valence-electron chi connectivity index (χ3n) is 3.34. The molecule has 0 saturated carbocycles. The number of methoxy groups -OCH3 is 3. The number of amides is 1. The lowest BCUT2D eigenvalue weighted by atomic mass is 10.2. The summed E-state index contributed by atoms with van der Waals surface area (Å²) in [6, 6.07) is 7.79. The van der Waals surface area contributed by atoms with Crippen molar-refractivity contribution in [2.24, 2.45) is 0 Å². The molecule has 27 heavy (non-hydrogen) atoms. The fourth-order valence-corrected chi connectivity index (χ4v) is 2.06. The van der Waals surface area contributed by atoms with Gasteiger partial charge in [0.15, 0.2) is 5.76 Å². The molecule has 9 nitrogen and oxygen atoms in total. The standard InChI is InChI=1S/C18H18N2O7/c1-24-14-7-6-11(19-13(18(23)26-3)10-16(21)25-2)9-12(14)20-17(22)15-5-4-8-27-15/h4-10,19H,1-3H3,(H,20,22)/b13-10+. The van der Waals surface area contributed by atoms with Crippen LogP contribution in [0.3, 0.4) is 0 Å². The smallest absolute Gasteiger partial charge is 0.354 e. The van der Waals surface area contributed by atoms with Gasteiger partial charge < -0.3 is 29.3 Å². The second kappa shape index (κ2) is 9.09. The molecule has 0 fully saturated rings. The number of carbonyl (C=O) groups is 3. The Morgan fingerprint density at radius 3 is 2.41 bits per heavy atom. The Hall–Kier alpha value is -3.75. The fourth-order valence-electron chi connectivity index (χ4n) is 2.06. The molecule has 2 N–H and O–H groups in total. The molecule has 0 bridgehead atoms. The van der Waals surface area contributed by atoms with Crippen LogP contribution in [0.1, 0.15) is 10.6 Å². The monoisotopic (exact) mass is 374 g/mol. The zero-order chi connectivity index (χ0) is 19.8. The largest absolute Gasteiger partial charge is 0.495 e. The number of nitrogens with one attached hydrogen (secondary N) is 2. The van der Waals surface area contributed by atoms with E-state index < -0.39 is 17.8 Å². The topological polar surface area (TPSA) is 116 Å². The van der Waals surface area contributed by atoms with Crippen LogP contribution in [0.2, 0.25) is 0 Å². The average molecular weight is 374 g/mol. The van der Waals surface area contributed by atoms with Crippen LogP contribution in [0.15, 0.2) is 52.8 Å². The molecule has 0 aliphatic carbocycles. The highest BCUT2D eigenvalue weighted by molar-refractivity contribution is 6.03. The highest BCUT2D eigenvalue weighted by Gasteiger charge is 2.16. The number of ether oxygens (including phenoxy) is 3. The van der Waals surface area contributed by atoms with E-state index in [1.54, 1.807) is 18.2 Å². The number of benzene rings is 1. The summed E-state index contributed by atoms with van der Waals surface area (Å²) in [6.45, 7) is 0. The molecule has 0 radical (unpaired) electrons. The quantitative estimate of drug-likeness (QED) is 0.560. The zero-order valence-corrected chi connectivity index (χ0v) is 14.9. The number of carbonyl (C=O) groups excluding carboxylic acids is 3. The number of esters is 2. The van der Waals surface area contributed by atoms with E-state index >= 15 is 0 Å². The summed E-state index contributed by atoms with van der Waals surface area (Å²) in [7, 11) is 3.81. The fraction of sp³-hybridized carbons (Fsp3) is 0.167. The Morgan fingerprint density at radius 1 is 1.04 bits per heavy atom. The lowest BCUT2D eigenvalue weighted by molar-refractivity contribution is -0.138. The molecule has 2 rings (SSSR count). The van der Waals surface area contributed by atoms with Gasteiger partial charge >= 0.3 is 11.9 Å². The molecule has 0 aliphatic rings. The second-order valence-corrected chi connectivity index (χ2v) is 5.04. The number of hydrogen-bond acceptors (Lipinski definition) is 8. The summed E-state index contributed by atoms with van der Waals surface area (Å²) in [5.74, 6) is -1.47. The maximum Gasteiger partial charge on any atom is 0.354 e. The summed E-state index contributed by atoms with van der Waals surface area (Å²) in [5, 5.41) is 5.40. The van der Waals surface area contributed by atoms with Crippen LogP contribution in [0.25, 0.3) is 0 Å². The average Bonchev–Trinajstić information content (AvgIpc) is 3.22. The third-order valence-corrected chi connectivity index (χ3v) is 3.34. The molecule has 0 aliphatic heterocycles. The van der Waals surface area contributed by atoms with Gasteiger partial charge in [-0.2, -0.15) is 0 Å². The normalized spacial score (nSPS) is 10.7. The maximum absolute atomic E-state index is 12.2. The molecule has 0 saturated heterocycles. The Kier molecular flexibility index (Phi) is 6.59. The van der Waals surface area contributed by atoms with Crippen LogP contribution >= 0.6 is 0 Å². The van der Waals surface area contributed by atoms with Crippen molar-refractivity contribution in [3.8, 4) is 5.75 Å². The van der Waals surface area contributed by atoms with E-state index in [1.807, 2.05) is 0 Å². The van der Waals surface area contributed by atoms with E-state index in [2.05, 4.69) is 20.1 Å². The first-order valence-corrected chi connectivity index (χ1v) is 7.66. The van der Waals surface area contributed by atoms with Crippen molar-refractivity contribution in [3.05, 3.63) is 54.1 Å². The molecule has 2 aromatic rings. The molecule has 1 amide bonds. The Balaban J connectivity index is 2.29. The van der Waals surface area contributed by atoms with Gasteiger partial charge in [0, 0.05) is 5.69 Å². The van der Waals surface area contributed by atoms with Gasteiger partial charge in [0.25, 0.3) is 5.91 Å². The van der Waals surface area contributed by atoms with Crippen molar-refractivity contribution in [1.82, 2.24) is 0 Å². The molecule has 0 spiro atoms. The van der Waals surface area contributed by atoms with E-state index in [4.69, 9.17) is 9.15 Å². The molecule has 1 aromatic carbocycles. The first-order chi connectivity index (χ1) is 13.0. The van der Waals surface area contributed by atoms with Crippen molar-refractivity contribution in [2.75, 3.05) is 32.0 Å². The minimum atomic E-state index is -0.766. The van der Waals surface area contributed by atoms with Crippen LogP contribution < -0.4 is 15.4 Å². The molecular formula is C18H18N2O7. The molecule has 9 heteroatoms. The Morgan fingerprint density at radius 2 is 1.81 bits per heavy atom. The van der Waals surface area contributed by atoms with E-state index in [1.165, 1.54) is 39.7 Å². The lowest BCUT2D eigenvalue weighted by Crippen LogP contribution is -2.16. The van der Waals surface area contributed by atoms with Crippen LogP contribution in [-0.2, 0) is 19.1 Å². The van der Waals surface area contributed by atoms with Crippen LogP contribution in [-0.4, -0.2) is 39.2 Å². The summed E-state index contributed by atoms with van der Waals surface area (Å²) in [6.07, 6.45) is 2.33. The minimum Gasteiger partial charge on any atom is -0.495 e. The summed E-state index contributed by atoms with van der Waals surface area (Å²) < 4.78 is 19.4. The van der Waals surface area contributed by atoms with Crippen molar-refractivity contribution in [2.45, 2.75) is 0 Å². The predicted molar refractivity (Wildman–Crippen MR) is 95.4 cm³/mol. The third kappa shape index (κ3) is 5.11. The van der Waals surface area contributed by atoms with Gasteiger partial charge in [0.1, 0.15) is 11.4 Å². The van der Waals surface area contributed by atoms with Crippen LogP contribution in [0, 0.1) is 0 Å².